The first-order valence-electron chi connectivity index (χ1n) is 11.8. The van der Waals surface area contributed by atoms with Crippen LogP contribution in [0.5, 0.6) is 0 Å². The minimum atomic E-state index is 0.634. The van der Waals surface area contributed by atoms with Gasteiger partial charge in [-0.3, -0.25) is 0 Å². The van der Waals surface area contributed by atoms with Gasteiger partial charge in [0.1, 0.15) is 18.0 Å². The van der Waals surface area contributed by atoms with Gasteiger partial charge >= 0.3 is 0 Å². The third kappa shape index (κ3) is 4.16. The number of fused-ring (bicyclic) bond motifs is 2. The van der Waals surface area contributed by atoms with Gasteiger partial charge in [0.25, 0.3) is 5.82 Å². The lowest BCUT2D eigenvalue weighted by Gasteiger charge is -2.23. The highest BCUT2D eigenvalue weighted by molar-refractivity contribution is 9.10. The molecule has 0 fully saturated rings. The standard InChI is InChI=1S/C27H27Br2N6/c1-5-32-22-12-18(16-30)20(28)14-24(22)34(7-3)26(32)10-9-11-27-33(6-2)23-13-19(17-31)21(29)15-25(23)35(27)8-4/h9-15H,5-8H2,1-4H3/q+1. The number of nitriles is 2. The minimum Gasteiger partial charge on any atom is -0.326 e. The molecule has 0 bridgehead atoms. The molecular weight excluding hydrogens is 568 g/mol. The van der Waals surface area contributed by atoms with Crippen LogP contribution in [0.4, 0.5) is 11.4 Å². The fourth-order valence-corrected chi connectivity index (χ4v) is 5.67. The van der Waals surface area contributed by atoms with Crippen LogP contribution in [0.1, 0.15) is 44.6 Å². The van der Waals surface area contributed by atoms with E-state index in [1.165, 1.54) is 0 Å². The van der Waals surface area contributed by atoms with Crippen molar-refractivity contribution >= 4 is 60.3 Å². The summed E-state index contributed by atoms with van der Waals surface area (Å²) in [7, 11) is 0. The van der Waals surface area contributed by atoms with Crippen molar-refractivity contribution in [1.29, 1.82) is 10.5 Å². The molecule has 8 heteroatoms. The van der Waals surface area contributed by atoms with E-state index >= 15 is 0 Å². The van der Waals surface area contributed by atoms with E-state index in [0.29, 0.717) is 11.1 Å². The summed E-state index contributed by atoms with van der Waals surface area (Å²) in [6, 6.07) is 12.5. The number of benzene rings is 2. The average molecular weight is 595 g/mol. The Labute approximate surface area is 223 Å². The molecule has 0 amide bonds. The van der Waals surface area contributed by atoms with Gasteiger partial charge in [0.15, 0.2) is 11.0 Å². The van der Waals surface area contributed by atoms with Crippen molar-refractivity contribution in [3.05, 3.63) is 68.1 Å². The lowest BCUT2D eigenvalue weighted by atomic mass is 10.2. The normalized spacial score (nSPS) is 14.2. The first kappa shape index (κ1) is 25.0. The summed E-state index contributed by atoms with van der Waals surface area (Å²) in [5.41, 5.74) is 5.56. The van der Waals surface area contributed by atoms with Gasteiger partial charge in [0.05, 0.1) is 35.6 Å². The lowest BCUT2D eigenvalue weighted by Crippen LogP contribution is -2.35. The molecule has 1 aliphatic rings. The topological polar surface area (TPSA) is 62.9 Å². The maximum atomic E-state index is 9.51. The highest BCUT2D eigenvalue weighted by Crippen LogP contribution is 2.44. The van der Waals surface area contributed by atoms with Crippen LogP contribution in [0.15, 0.2) is 51.2 Å². The second-order valence-corrected chi connectivity index (χ2v) is 9.79. The van der Waals surface area contributed by atoms with Crippen LogP contribution >= 0.6 is 31.9 Å². The summed E-state index contributed by atoms with van der Waals surface area (Å²) >= 11 is 7.09. The van der Waals surface area contributed by atoms with E-state index in [4.69, 9.17) is 0 Å². The molecular formula is C27H27Br2N6+. The Bertz CT molecular complexity index is 1450. The summed E-state index contributed by atoms with van der Waals surface area (Å²) in [6.45, 7) is 11.7. The fourth-order valence-electron chi connectivity index (χ4n) is 4.83. The zero-order valence-electron chi connectivity index (χ0n) is 20.3. The van der Waals surface area contributed by atoms with Gasteiger partial charge in [-0.2, -0.15) is 10.5 Å². The van der Waals surface area contributed by atoms with E-state index in [-0.39, 0.29) is 0 Å². The molecule has 0 saturated heterocycles. The molecule has 1 aliphatic heterocycles. The van der Waals surface area contributed by atoms with E-state index in [0.717, 1.165) is 69.2 Å². The van der Waals surface area contributed by atoms with Crippen LogP contribution in [0.2, 0.25) is 0 Å². The van der Waals surface area contributed by atoms with Crippen molar-refractivity contribution in [1.82, 2.24) is 4.57 Å². The molecule has 0 unspecified atom stereocenters. The van der Waals surface area contributed by atoms with Crippen LogP contribution in [0.25, 0.3) is 17.1 Å². The molecule has 1 aromatic heterocycles. The molecule has 2 aromatic carbocycles. The number of anilines is 2. The molecule has 6 nitrogen and oxygen atoms in total. The fraction of sp³-hybridized carbons (Fsp3) is 0.296. The Morgan fingerprint density at radius 1 is 0.857 bits per heavy atom. The van der Waals surface area contributed by atoms with Crippen LogP contribution in [-0.2, 0) is 13.1 Å². The molecule has 0 N–H and O–H groups in total. The maximum absolute atomic E-state index is 9.51. The largest absolute Gasteiger partial charge is 0.326 e. The Balaban J connectivity index is 1.82. The molecule has 0 saturated carbocycles. The van der Waals surface area contributed by atoms with Crippen molar-refractivity contribution in [2.24, 2.45) is 0 Å². The first-order chi connectivity index (χ1) is 16.9. The van der Waals surface area contributed by atoms with Crippen molar-refractivity contribution < 1.29 is 4.57 Å². The van der Waals surface area contributed by atoms with Crippen molar-refractivity contribution in [2.45, 2.75) is 40.8 Å². The molecule has 178 valence electrons. The first-order valence-corrected chi connectivity index (χ1v) is 13.3. The van der Waals surface area contributed by atoms with Crippen molar-refractivity contribution in [2.75, 3.05) is 22.9 Å². The third-order valence-corrected chi connectivity index (χ3v) is 7.71. The second-order valence-electron chi connectivity index (χ2n) is 8.08. The van der Waals surface area contributed by atoms with Gasteiger partial charge in [-0.15, -0.1) is 0 Å². The lowest BCUT2D eigenvalue weighted by molar-refractivity contribution is -0.670. The number of hydrogen-bond donors (Lipinski definition) is 0. The zero-order chi connectivity index (χ0) is 25.3. The van der Waals surface area contributed by atoms with Gasteiger partial charge in [-0.1, -0.05) is 6.08 Å². The van der Waals surface area contributed by atoms with Gasteiger partial charge < -0.3 is 9.80 Å². The SMILES string of the molecule is CCN1C(=CC=Cc2n(CC)c3cc(Br)c(C#N)cc3[n+]2CC)N(CC)c2cc(C#N)c(Br)cc21. The highest BCUT2D eigenvalue weighted by Gasteiger charge is 2.30. The molecule has 3 aromatic rings. The molecule has 4 rings (SSSR count). The van der Waals surface area contributed by atoms with Crippen LogP contribution in [0, 0.1) is 22.7 Å². The van der Waals surface area contributed by atoms with E-state index in [9.17, 15) is 10.5 Å². The Hall–Kier alpha value is -3.07. The zero-order valence-corrected chi connectivity index (χ0v) is 23.5. The maximum Gasteiger partial charge on any atom is 0.282 e. The van der Waals surface area contributed by atoms with E-state index in [1.54, 1.807) is 0 Å². The van der Waals surface area contributed by atoms with Gasteiger partial charge in [-0.25, -0.2) is 9.13 Å². The highest BCUT2D eigenvalue weighted by atomic mass is 79.9. The summed E-state index contributed by atoms with van der Waals surface area (Å²) in [4.78, 5) is 4.52. The van der Waals surface area contributed by atoms with Crippen LogP contribution in [0.3, 0.4) is 0 Å². The molecule has 0 radical (unpaired) electrons. The van der Waals surface area contributed by atoms with E-state index in [2.05, 4.69) is 109 Å². The molecule has 0 spiro atoms. The number of halogens is 2. The molecule has 0 atom stereocenters. The predicted molar refractivity (Wildman–Crippen MR) is 148 cm³/mol. The predicted octanol–water partition coefficient (Wildman–Crippen LogP) is 6.46. The van der Waals surface area contributed by atoms with Crippen molar-refractivity contribution in [3.8, 4) is 12.1 Å². The number of aryl methyl sites for hydroxylation is 2. The Morgan fingerprint density at radius 3 is 2.03 bits per heavy atom. The summed E-state index contributed by atoms with van der Waals surface area (Å²) in [5.74, 6) is 2.17. The second kappa shape index (κ2) is 10.3. The Morgan fingerprint density at radius 2 is 1.46 bits per heavy atom. The van der Waals surface area contributed by atoms with Crippen molar-refractivity contribution in [3.63, 3.8) is 0 Å². The van der Waals surface area contributed by atoms with Gasteiger partial charge in [-0.05, 0) is 77.8 Å². The number of rotatable bonds is 6. The molecule has 2 heterocycles. The van der Waals surface area contributed by atoms with Gasteiger partial charge in [0, 0.05) is 40.2 Å². The van der Waals surface area contributed by atoms with Crippen LogP contribution < -0.4 is 14.4 Å². The minimum absolute atomic E-state index is 0.634. The monoisotopic (exact) mass is 593 g/mol. The van der Waals surface area contributed by atoms with Gasteiger partial charge in [0.2, 0.25) is 0 Å². The summed E-state index contributed by atoms with van der Waals surface area (Å²) in [5, 5.41) is 19.0. The van der Waals surface area contributed by atoms with E-state index in [1.807, 2.05) is 24.3 Å². The number of nitrogens with zero attached hydrogens (tertiary/aromatic N) is 6. The molecule has 0 aliphatic carbocycles. The third-order valence-electron chi connectivity index (χ3n) is 6.39. The molecule has 35 heavy (non-hydrogen) atoms. The summed E-state index contributed by atoms with van der Waals surface area (Å²) < 4.78 is 6.14. The summed E-state index contributed by atoms with van der Waals surface area (Å²) in [6.07, 6.45) is 6.38. The van der Waals surface area contributed by atoms with E-state index < -0.39 is 0 Å². The van der Waals surface area contributed by atoms with Crippen LogP contribution in [-0.4, -0.2) is 17.7 Å². The number of aromatic nitrogens is 2. The smallest absolute Gasteiger partial charge is 0.282 e. The Kier molecular flexibility index (Phi) is 7.35. The quantitative estimate of drug-likeness (QED) is 0.307. The average Bonchev–Trinajstić information content (AvgIpc) is 3.32. The number of hydrogen-bond acceptors (Lipinski definition) is 4. The number of allylic oxidation sites excluding steroid dienone is 2. The number of imidazole rings is 1.